The monoisotopic (exact) mass is 442 g/mol. The van der Waals surface area contributed by atoms with E-state index >= 15 is 0 Å². The molecule has 8 heteroatoms. The lowest BCUT2D eigenvalue weighted by molar-refractivity contribution is -0.136. The van der Waals surface area contributed by atoms with Gasteiger partial charge in [-0.05, 0) is 35.7 Å². The lowest BCUT2D eigenvalue weighted by Crippen LogP contribution is -2.45. The fourth-order valence-electron chi connectivity index (χ4n) is 4.15. The molecule has 0 radical (unpaired) electrons. The highest BCUT2D eigenvalue weighted by atomic mass is 35.5. The zero-order valence-corrected chi connectivity index (χ0v) is 18.3. The number of rotatable bonds is 5. The van der Waals surface area contributed by atoms with Gasteiger partial charge in [-0.15, -0.1) is 0 Å². The Morgan fingerprint density at radius 3 is 2.65 bits per heavy atom. The molecule has 1 atom stereocenters. The molecule has 31 heavy (non-hydrogen) atoms. The van der Waals surface area contributed by atoms with Gasteiger partial charge in [0.2, 0.25) is 0 Å². The van der Waals surface area contributed by atoms with Crippen LogP contribution in [-0.4, -0.2) is 63.2 Å². The number of benzene rings is 2. The zero-order chi connectivity index (χ0) is 21.8. The summed E-state index contributed by atoms with van der Waals surface area (Å²) in [5.74, 6) is -1.41. The molecule has 1 fully saturated rings. The smallest absolute Gasteiger partial charge is 0.313 e. The number of morpholine rings is 1. The van der Waals surface area contributed by atoms with E-state index in [1.165, 1.54) is 11.3 Å². The fourth-order valence-corrected chi connectivity index (χ4v) is 4.34. The Morgan fingerprint density at radius 1 is 1.10 bits per heavy atom. The first-order chi connectivity index (χ1) is 15.0. The van der Waals surface area contributed by atoms with Crippen molar-refractivity contribution >= 4 is 34.8 Å². The molecule has 0 aromatic heterocycles. The summed E-state index contributed by atoms with van der Waals surface area (Å²) in [6.07, 6.45) is 1.02. The van der Waals surface area contributed by atoms with Crippen LogP contribution >= 0.6 is 11.6 Å². The second kappa shape index (κ2) is 9.68. The van der Waals surface area contributed by atoms with Crippen LogP contribution in [-0.2, 0) is 20.7 Å². The number of carbonyl (C=O) groups is 2. The van der Waals surface area contributed by atoms with Crippen LogP contribution < -0.4 is 15.5 Å². The van der Waals surface area contributed by atoms with Gasteiger partial charge >= 0.3 is 11.8 Å². The normalized spacial score (nSPS) is 17.2. The number of ether oxygens (including phenoxy) is 1. The quantitative estimate of drug-likeness (QED) is 0.696. The Morgan fingerprint density at radius 2 is 1.87 bits per heavy atom. The van der Waals surface area contributed by atoms with Crippen molar-refractivity contribution < 1.29 is 14.3 Å². The van der Waals surface area contributed by atoms with E-state index in [-0.39, 0.29) is 6.04 Å². The number of anilines is 2. The molecule has 2 aromatic carbocycles. The number of carbonyl (C=O) groups excluding carboxylic acids is 2. The molecular formula is C23H27ClN4O3. The second-order valence-corrected chi connectivity index (χ2v) is 8.28. The number of amides is 2. The first-order valence-electron chi connectivity index (χ1n) is 10.5. The number of para-hydroxylation sites is 1. The molecule has 0 aliphatic carbocycles. The summed E-state index contributed by atoms with van der Waals surface area (Å²) in [5.41, 5.74) is 4.13. The maximum Gasteiger partial charge on any atom is 0.313 e. The average molecular weight is 443 g/mol. The van der Waals surface area contributed by atoms with Crippen molar-refractivity contribution in [2.75, 3.05) is 56.7 Å². The molecule has 2 amide bonds. The van der Waals surface area contributed by atoms with Gasteiger partial charge in [0.1, 0.15) is 0 Å². The maximum atomic E-state index is 12.5. The van der Waals surface area contributed by atoms with Gasteiger partial charge in [0.05, 0.1) is 30.0 Å². The van der Waals surface area contributed by atoms with Gasteiger partial charge in [-0.1, -0.05) is 35.9 Å². The Hall–Kier alpha value is -2.61. The van der Waals surface area contributed by atoms with E-state index in [9.17, 15) is 9.59 Å². The van der Waals surface area contributed by atoms with Gasteiger partial charge in [0, 0.05) is 38.9 Å². The summed E-state index contributed by atoms with van der Waals surface area (Å²) in [5, 5.41) is 5.76. The molecular weight excluding hydrogens is 416 g/mol. The van der Waals surface area contributed by atoms with Gasteiger partial charge in [-0.3, -0.25) is 14.5 Å². The molecule has 0 spiro atoms. The molecule has 0 unspecified atom stereocenters. The van der Waals surface area contributed by atoms with E-state index in [0.29, 0.717) is 30.5 Å². The Bertz CT molecular complexity index is 962. The lowest BCUT2D eigenvalue weighted by atomic mass is 10.0. The summed E-state index contributed by atoms with van der Waals surface area (Å²) in [7, 11) is 2.10. The lowest BCUT2D eigenvalue weighted by Gasteiger charge is -2.35. The molecule has 2 aromatic rings. The molecule has 2 heterocycles. The van der Waals surface area contributed by atoms with Crippen LogP contribution in [0.15, 0.2) is 42.5 Å². The first-order valence-corrected chi connectivity index (χ1v) is 10.9. The summed E-state index contributed by atoms with van der Waals surface area (Å²) in [4.78, 5) is 29.4. The van der Waals surface area contributed by atoms with Crippen molar-refractivity contribution in [3.05, 3.63) is 58.6 Å². The predicted octanol–water partition coefficient (Wildman–Crippen LogP) is 2.46. The van der Waals surface area contributed by atoms with Crippen LogP contribution in [0.4, 0.5) is 11.4 Å². The minimum Gasteiger partial charge on any atom is -0.379 e. The minimum atomic E-state index is -0.732. The van der Waals surface area contributed by atoms with Crippen LogP contribution in [0.1, 0.15) is 17.2 Å². The highest BCUT2D eigenvalue weighted by Crippen LogP contribution is 2.31. The molecule has 4 rings (SSSR count). The third-order valence-corrected chi connectivity index (χ3v) is 6.22. The first kappa shape index (κ1) is 21.6. The van der Waals surface area contributed by atoms with Crippen LogP contribution in [0.2, 0.25) is 5.02 Å². The Labute approximate surface area is 187 Å². The highest BCUT2D eigenvalue weighted by molar-refractivity contribution is 6.41. The molecule has 2 aliphatic heterocycles. The molecule has 2 aliphatic rings. The van der Waals surface area contributed by atoms with Crippen molar-refractivity contribution in [1.82, 2.24) is 10.2 Å². The molecule has 164 valence electrons. The van der Waals surface area contributed by atoms with Gasteiger partial charge in [0.25, 0.3) is 0 Å². The molecule has 0 saturated carbocycles. The van der Waals surface area contributed by atoms with Crippen LogP contribution in [0, 0.1) is 0 Å². The van der Waals surface area contributed by atoms with Gasteiger partial charge in [-0.2, -0.15) is 0 Å². The van der Waals surface area contributed by atoms with E-state index in [1.54, 1.807) is 24.3 Å². The van der Waals surface area contributed by atoms with Crippen LogP contribution in [0.25, 0.3) is 0 Å². The van der Waals surface area contributed by atoms with E-state index in [4.69, 9.17) is 16.3 Å². The molecule has 0 bridgehead atoms. The van der Waals surface area contributed by atoms with E-state index in [0.717, 1.165) is 31.6 Å². The van der Waals surface area contributed by atoms with Crippen molar-refractivity contribution in [3.63, 3.8) is 0 Å². The van der Waals surface area contributed by atoms with E-state index < -0.39 is 11.8 Å². The van der Waals surface area contributed by atoms with Gasteiger partial charge in [0.15, 0.2) is 0 Å². The summed E-state index contributed by atoms with van der Waals surface area (Å²) < 4.78 is 5.50. The minimum absolute atomic E-state index is 0.0304. The van der Waals surface area contributed by atoms with Gasteiger partial charge < -0.3 is 20.3 Å². The predicted molar refractivity (Wildman–Crippen MR) is 122 cm³/mol. The number of fused-ring (bicyclic) bond motifs is 1. The number of likely N-dealkylation sites (N-methyl/N-ethyl adjacent to an activating group) is 1. The maximum absolute atomic E-state index is 12.5. The zero-order valence-electron chi connectivity index (χ0n) is 17.6. The van der Waals surface area contributed by atoms with Gasteiger partial charge in [-0.25, -0.2) is 0 Å². The number of hydrogen-bond acceptors (Lipinski definition) is 5. The molecule has 1 saturated heterocycles. The fraction of sp³-hybridized carbons (Fsp3) is 0.391. The van der Waals surface area contributed by atoms with E-state index in [1.807, 2.05) is 0 Å². The summed E-state index contributed by atoms with van der Waals surface area (Å²) >= 11 is 6.07. The van der Waals surface area contributed by atoms with Crippen LogP contribution in [0.5, 0.6) is 0 Å². The summed E-state index contributed by atoms with van der Waals surface area (Å²) in [6, 6.07) is 13.3. The largest absolute Gasteiger partial charge is 0.379 e. The second-order valence-electron chi connectivity index (χ2n) is 7.87. The highest BCUT2D eigenvalue weighted by Gasteiger charge is 2.26. The number of nitrogens with zero attached hydrogens (tertiary/aromatic N) is 2. The average Bonchev–Trinajstić information content (AvgIpc) is 3.16. The molecule has 2 N–H and O–H groups in total. The third kappa shape index (κ3) is 5.01. The summed E-state index contributed by atoms with van der Waals surface area (Å²) in [6.45, 7) is 4.23. The van der Waals surface area contributed by atoms with Crippen LogP contribution in [0.3, 0.4) is 0 Å². The van der Waals surface area contributed by atoms with Crippen molar-refractivity contribution in [1.29, 1.82) is 0 Å². The molecule has 7 nitrogen and oxygen atoms in total. The van der Waals surface area contributed by atoms with Crippen molar-refractivity contribution in [2.45, 2.75) is 12.5 Å². The number of halogens is 1. The topological polar surface area (TPSA) is 73.9 Å². The standard InChI is InChI=1S/C23H27ClN4O3/c1-27-9-8-17-14-16(6-7-20(17)27)21(28-10-12-31-13-11-28)15-25-22(29)23(30)26-19-5-3-2-4-18(19)24/h2-7,14,21H,8-13,15H2,1H3,(H,25,29)(H,26,30)/t21-/m0/s1. The number of hydrogen-bond donors (Lipinski definition) is 2. The Balaban J connectivity index is 1.46. The third-order valence-electron chi connectivity index (χ3n) is 5.89. The van der Waals surface area contributed by atoms with Crippen molar-refractivity contribution in [2.24, 2.45) is 0 Å². The van der Waals surface area contributed by atoms with E-state index in [2.05, 4.69) is 45.7 Å². The van der Waals surface area contributed by atoms with Crippen molar-refractivity contribution in [3.8, 4) is 0 Å². The number of nitrogens with one attached hydrogen (secondary N) is 2. The SMILES string of the molecule is CN1CCc2cc([C@H](CNC(=O)C(=O)Nc3ccccc3Cl)N3CCOCC3)ccc21. The Kier molecular flexibility index (Phi) is 6.75.